The van der Waals surface area contributed by atoms with Crippen LogP contribution in [0.1, 0.15) is 20.8 Å². The average Bonchev–Trinajstić information content (AvgIpc) is 1.30. The number of hydrogen-bond donors (Lipinski definition) is 1. The summed E-state index contributed by atoms with van der Waals surface area (Å²) in [6.07, 6.45) is 3.58. The van der Waals surface area contributed by atoms with Crippen LogP contribution in [-0.2, 0) is 0 Å². The first-order valence-electron chi connectivity index (χ1n) is 2.42. The molecule has 7 heavy (non-hydrogen) atoms. The molecule has 0 aliphatic heterocycles. The Morgan fingerprint density at radius 1 is 1.43 bits per heavy atom. The molecule has 0 aromatic rings. The summed E-state index contributed by atoms with van der Waals surface area (Å²) in [6.45, 7) is 5.37. The van der Waals surface area contributed by atoms with Crippen LogP contribution in [0.2, 0.25) is 0 Å². The van der Waals surface area contributed by atoms with Crippen LogP contribution in [0.15, 0.2) is 12.2 Å². The number of rotatable bonds is 1. The van der Waals surface area contributed by atoms with Gasteiger partial charge in [0.05, 0.1) is 5.60 Å². The number of hydrogen-bond acceptors (Lipinski definition) is 1. The van der Waals surface area contributed by atoms with Crippen molar-refractivity contribution in [3.63, 3.8) is 0 Å². The third kappa shape index (κ3) is 5.70. The highest BCUT2D eigenvalue weighted by atomic mass is 16.3. The van der Waals surface area contributed by atoms with E-state index in [4.69, 9.17) is 5.11 Å². The first-order valence-corrected chi connectivity index (χ1v) is 2.42. The van der Waals surface area contributed by atoms with Crippen molar-refractivity contribution in [2.75, 3.05) is 0 Å². The van der Waals surface area contributed by atoms with E-state index in [1.165, 1.54) is 0 Å². The minimum atomic E-state index is -0.630. The van der Waals surface area contributed by atoms with Crippen LogP contribution < -0.4 is 0 Å². The van der Waals surface area contributed by atoms with Crippen LogP contribution in [-0.4, -0.2) is 10.7 Å². The molecule has 1 nitrogen and oxygen atoms in total. The van der Waals surface area contributed by atoms with Crippen molar-refractivity contribution in [3.05, 3.63) is 12.2 Å². The molecular formula is C6H12O. The Bertz CT molecular complexity index is 66.7. The fourth-order valence-corrected chi connectivity index (χ4v) is 0.408. The highest BCUT2D eigenvalue weighted by Gasteiger charge is 2.03. The molecule has 0 bridgehead atoms. The van der Waals surface area contributed by atoms with Gasteiger partial charge in [-0.3, -0.25) is 0 Å². The lowest BCUT2D eigenvalue weighted by Gasteiger charge is -2.08. The second-order valence-corrected chi connectivity index (χ2v) is 2.15. The van der Waals surface area contributed by atoms with Crippen molar-refractivity contribution in [2.45, 2.75) is 26.4 Å². The summed E-state index contributed by atoms with van der Waals surface area (Å²) < 4.78 is 0. The summed E-state index contributed by atoms with van der Waals surface area (Å²) in [7, 11) is 0. The lowest BCUT2D eigenvalue weighted by Crippen LogP contribution is -2.13. The van der Waals surface area contributed by atoms with Crippen LogP contribution in [0.3, 0.4) is 0 Å². The molecule has 0 aromatic carbocycles. The van der Waals surface area contributed by atoms with Gasteiger partial charge in [-0.05, 0) is 20.8 Å². The van der Waals surface area contributed by atoms with Crippen LogP contribution in [0.4, 0.5) is 0 Å². The maximum Gasteiger partial charge on any atom is 0.0771 e. The maximum atomic E-state index is 8.93. The van der Waals surface area contributed by atoms with E-state index in [-0.39, 0.29) is 0 Å². The molecule has 0 saturated heterocycles. The van der Waals surface area contributed by atoms with Gasteiger partial charge in [0, 0.05) is 0 Å². The van der Waals surface area contributed by atoms with Gasteiger partial charge in [0.1, 0.15) is 0 Å². The summed E-state index contributed by atoms with van der Waals surface area (Å²) >= 11 is 0. The summed E-state index contributed by atoms with van der Waals surface area (Å²) in [5, 5.41) is 8.93. The fourth-order valence-electron chi connectivity index (χ4n) is 0.408. The zero-order valence-electron chi connectivity index (χ0n) is 5.10. The lowest BCUT2D eigenvalue weighted by molar-refractivity contribution is 0.133. The Morgan fingerprint density at radius 2 is 1.86 bits per heavy atom. The van der Waals surface area contributed by atoms with E-state index in [2.05, 4.69) is 0 Å². The minimum Gasteiger partial charge on any atom is -0.386 e. The molecule has 0 radical (unpaired) electrons. The quantitative estimate of drug-likeness (QED) is 0.493. The largest absolute Gasteiger partial charge is 0.386 e. The standard InChI is InChI=1S/C6H12O/c1-4-5-6(2,3)7/h4-5,7H,1-3H3/b5-4-. The average molecular weight is 100 g/mol. The molecular weight excluding hydrogens is 88.1 g/mol. The van der Waals surface area contributed by atoms with E-state index in [1.54, 1.807) is 19.9 Å². The zero-order chi connectivity index (χ0) is 5.91. The number of allylic oxidation sites excluding steroid dienone is 1. The Labute approximate surface area is 44.7 Å². The predicted octanol–water partition coefficient (Wildman–Crippen LogP) is 1.33. The van der Waals surface area contributed by atoms with E-state index < -0.39 is 5.60 Å². The van der Waals surface area contributed by atoms with Gasteiger partial charge in [-0.1, -0.05) is 12.2 Å². The first kappa shape index (κ1) is 6.70. The predicted molar refractivity (Wildman–Crippen MR) is 31.1 cm³/mol. The molecule has 0 saturated carbocycles. The maximum absolute atomic E-state index is 8.93. The molecule has 1 N–H and O–H groups in total. The highest BCUT2D eigenvalue weighted by Crippen LogP contribution is 2.00. The molecule has 0 amide bonds. The van der Waals surface area contributed by atoms with Gasteiger partial charge >= 0.3 is 0 Å². The van der Waals surface area contributed by atoms with Gasteiger partial charge in [-0.25, -0.2) is 0 Å². The Hall–Kier alpha value is -0.300. The molecule has 0 aliphatic rings. The Balaban J connectivity index is 3.56. The lowest BCUT2D eigenvalue weighted by atomic mass is 10.1. The Morgan fingerprint density at radius 3 is 1.86 bits per heavy atom. The van der Waals surface area contributed by atoms with E-state index in [1.807, 2.05) is 13.0 Å². The fraction of sp³-hybridized carbons (Fsp3) is 0.667. The normalized spacial score (nSPS) is 13.1. The molecule has 0 rings (SSSR count). The third-order valence-corrected chi connectivity index (χ3v) is 0.575. The van der Waals surface area contributed by atoms with Gasteiger partial charge in [0.25, 0.3) is 0 Å². The van der Waals surface area contributed by atoms with Crippen molar-refractivity contribution in [3.8, 4) is 0 Å². The smallest absolute Gasteiger partial charge is 0.0771 e. The van der Waals surface area contributed by atoms with Crippen molar-refractivity contribution in [1.82, 2.24) is 0 Å². The highest BCUT2D eigenvalue weighted by molar-refractivity contribution is 4.92. The van der Waals surface area contributed by atoms with Gasteiger partial charge in [0.2, 0.25) is 0 Å². The molecule has 0 spiro atoms. The third-order valence-electron chi connectivity index (χ3n) is 0.575. The topological polar surface area (TPSA) is 20.2 Å². The van der Waals surface area contributed by atoms with Crippen molar-refractivity contribution >= 4 is 0 Å². The SMILES string of the molecule is C/C=C\C(C)(C)O. The molecule has 42 valence electrons. The summed E-state index contributed by atoms with van der Waals surface area (Å²) in [6, 6.07) is 0. The van der Waals surface area contributed by atoms with Crippen LogP contribution in [0.25, 0.3) is 0 Å². The van der Waals surface area contributed by atoms with E-state index >= 15 is 0 Å². The molecule has 0 aromatic heterocycles. The van der Waals surface area contributed by atoms with Crippen LogP contribution in [0, 0.1) is 0 Å². The van der Waals surface area contributed by atoms with Crippen molar-refractivity contribution in [2.24, 2.45) is 0 Å². The second kappa shape index (κ2) is 2.12. The molecule has 0 aliphatic carbocycles. The van der Waals surface area contributed by atoms with Gasteiger partial charge in [0.15, 0.2) is 0 Å². The molecule has 1 heteroatoms. The molecule has 0 fully saturated rings. The first-order chi connectivity index (χ1) is 3.06. The molecule has 0 heterocycles. The summed E-state index contributed by atoms with van der Waals surface area (Å²) in [5.74, 6) is 0. The van der Waals surface area contributed by atoms with Gasteiger partial charge in [-0.15, -0.1) is 0 Å². The molecule has 0 atom stereocenters. The zero-order valence-corrected chi connectivity index (χ0v) is 5.10. The van der Waals surface area contributed by atoms with Crippen molar-refractivity contribution < 1.29 is 5.11 Å². The Kier molecular flexibility index (Phi) is 2.03. The van der Waals surface area contributed by atoms with E-state index in [0.29, 0.717) is 0 Å². The van der Waals surface area contributed by atoms with E-state index in [9.17, 15) is 0 Å². The van der Waals surface area contributed by atoms with Crippen molar-refractivity contribution in [1.29, 1.82) is 0 Å². The van der Waals surface area contributed by atoms with Crippen LogP contribution >= 0.6 is 0 Å². The summed E-state index contributed by atoms with van der Waals surface area (Å²) in [4.78, 5) is 0. The number of aliphatic hydroxyl groups is 1. The monoisotopic (exact) mass is 100 g/mol. The minimum absolute atomic E-state index is 0.630. The summed E-state index contributed by atoms with van der Waals surface area (Å²) in [5.41, 5.74) is -0.630. The van der Waals surface area contributed by atoms with Gasteiger partial charge < -0.3 is 5.11 Å². The van der Waals surface area contributed by atoms with Crippen LogP contribution in [0.5, 0.6) is 0 Å². The van der Waals surface area contributed by atoms with E-state index in [0.717, 1.165) is 0 Å². The van der Waals surface area contributed by atoms with Gasteiger partial charge in [-0.2, -0.15) is 0 Å². The second-order valence-electron chi connectivity index (χ2n) is 2.15. The molecule has 0 unspecified atom stereocenters.